The molecule has 2 saturated heterocycles. The summed E-state index contributed by atoms with van der Waals surface area (Å²) in [6, 6.07) is 0. The number of piperidine rings is 1. The molecule has 19 heavy (non-hydrogen) atoms. The van der Waals surface area contributed by atoms with Crippen molar-refractivity contribution in [3.8, 4) is 0 Å². The highest BCUT2D eigenvalue weighted by Gasteiger charge is 2.50. The van der Waals surface area contributed by atoms with E-state index in [2.05, 4.69) is 45.5 Å². The van der Waals surface area contributed by atoms with Crippen molar-refractivity contribution in [2.45, 2.75) is 65.1 Å². The van der Waals surface area contributed by atoms with Crippen molar-refractivity contribution >= 4 is 7.12 Å². The van der Waals surface area contributed by atoms with E-state index in [0.717, 1.165) is 12.8 Å². The van der Waals surface area contributed by atoms with Gasteiger partial charge in [0.25, 0.3) is 0 Å². The average molecular weight is 265 g/mol. The number of likely N-dealkylation sites (tertiary alicyclic amines) is 1. The second-order valence-corrected chi connectivity index (χ2v) is 6.79. The van der Waals surface area contributed by atoms with Crippen LogP contribution in [0.1, 0.15) is 53.9 Å². The quantitative estimate of drug-likeness (QED) is 0.732. The van der Waals surface area contributed by atoms with Crippen molar-refractivity contribution in [2.75, 3.05) is 19.6 Å². The molecule has 0 unspecified atom stereocenters. The fourth-order valence-electron chi connectivity index (χ4n) is 2.70. The molecule has 108 valence electrons. The molecule has 4 heteroatoms. The Kier molecular flexibility index (Phi) is 4.43. The van der Waals surface area contributed by atoms with E-state index in [1.165, 1.54) is 31.6 Å². The van der Waals surface area contributed by atoms with Gasteiger partial charge in [-0.3, -0.25) is 0 Å². The predicted octanol–water partition coefficient (Wildman–Crippen LogP) is 3.05. The van der Waals surface area contributed by atoms with Crippen LogP contribution in [0.2, 0.25) is 0 Å². The van der Waals surface area contributed by atoms with Crippen LogP contribution in [0.4, 0.5) is 0 Å². The summed E-state index contributed by atoms with van der Waals surface area (Å²) in [6.07, 6.45) is 3.56. The molecule has 0 amide bonds. The first-order valence-corrected chi connectivity index (χ1v) is 7.61. The molecule has 2 heterocycles. The molecule has 2 aliphatic rings. The molecule has 0 radical (unpaired) electrons. The van der Waals surface area contributed by atoms with Gasteiger partial charge in [0.05, 0.1) is 11.2 Å². The SMILES string of the molecule is CCCN1CCC(=CB2OC(C)(C)C(C)(C)O2)CC1. The zero-order valence-electron chi connectivity index (χ0n) is 13.2. The summed E-state index contributed by atoms with van der Waals surface area (Å²) in [4.78, 5) is 2.54. The molecule has 2 fully saturated rings. The van der Waals surface area contributed by atoms with E-state index >= 15 is 0 Å². The van der Waals surface area contributed by atoms with Gasteiger partial charge in [-0.1, -0.05) is 18.5 Å². The van der Waals surface area contributed by atoms with Gasteiger partial charge in [0, 0.05) is 13.1 Å². The fourth-order valence-corrected chi connectivity index (χ4v) is 2.70. The molecule has 0 bridgehead atoms. The Morgan fingerprint density at radius 3 is 2.11 bits per heavy atom. The third-order valence-corrected chi connectivity index (χ3v) is 4.68. The molecule has 0 aliphatic carbocycles. The first-order valence-electron chi connectivity index (χ1n) is 7.61. The first-order chi connectivity index (χ1) is 8.84. The van der Waals surface area contributed by atoms with Crippen LogP contribution in [-0.2, 0) is 9.31 Å². The van der Waals surface area contributed by atoms with Crippen LogP contribution >= 0.6 is 0 Å². The maximum Gasteiger partial charge on any atom is 0.487 e. The topological polar surface area (TPSA) is 21.7 Å². The minimum Gasteiger partial charge on any atom is -0.400 e. The molecular weight excluding hydrogens is 237 g/mol. The van der Waals surface area contributed by atoms with E-state index in [-0.39, 0.29) is 18.3 Å². The third-order valence-electron chi connectivity index (χ3n) is 4.68. The Labute approximate surface area is 118 Å². The Balaban J connectivity index is 1.91. The zero-order valence-corrected chi connectivity index (χ0v) is 13.2. The Bertz CT molecular complexity index is 326. The van der Waals surface area contributed by atoms with Gasteiger partial charge >= 0.3 is 7.12 Å². The summed E-state index contributed by atoms with van der Waals surface area (Å²) in [5.41, 5.74) is 1.04. The minimum atomic E-state index is -0.225. The lowest BCUT2D eigenvalue weighted by Gasteiger charge is -2.32. The number of rotatable bonds is 3. The van der Waals surface area contributed by atoms with Crippen LogP contribution < -0.4 is 0 Å². The van der Waals surface area contributed by atoms with Crippen molar-refractivity contribution < 1.29 is 9.31 Å². The third kappa shape index (κ3) is 3.42. The lowest BCUT2D eigenvalue weighted by molar-refractivity contribution is 0.00578. The molecule has 0 atom stereocenters. The van der Waals surface area contributed by atoms with E-state index in [9.17, 15) is 0 Å². The highest BCUT2D eigenvalue weighted by atomic mass is 16.7. The second kappa shape index (κ2) is 5.59. The average Bonchev–Trinajstić information content (AvgIpc) is 2.50. The molecule has 3 nitrogen and oxygen atoms in total. The standard InChI is InChI=1S/C15H28BNO2/c1-6-9-17-10-7-13(8-11-17)12-16-18-14(2,3)15(4,5)19-16/h12H,6-11H2,1-5H3. The summed E-state index contributed by atoms with van der Waals surface area (Å²) in [6.45, 7) is 14.3. The van der Waals surface area contributed by atoms with Crippen LogP contribution in [0.5, 0.6) is 0 Å². The summed E-state index contributed by atoms with van der Waals surface area (Å²) in [5.74, 6) is 2.21. The highest BCUT2D eigenvalue weighted by Crippen LogP contribution is 2.37. The van der Waals surface area contributed by atoms with Crippen molar-refractivity contribution in [1.29, 1.82) is 0 Å². The van der Waals surface area contributed by atoms with Crippen LogP contribution in [0.25, 0.3) is 0 Å². The van der Waals surface area contributed by atoms with Gasteiger partial charge in [0.1, 0.15) is 0 Å². The van der Waals surface area contributed by atoms with Crippen molar-refractivity contribution in [2.24, 2.45) is 0 Å². The molecule has 0 N–H and O–H groups in total. The summed E-state index contributed by atoms with van der Waals surface area (Å²) in [5, 5.41) is 0. The van der Waals surface area contributed by atoms with Gasteiger partial charge in [-0.2, -0.15) is 0 Å². The smallest absolute Gasteiger partial charge is 0.400 e. The molecule has 0 aromatic heterocycles. The van der Waals surface area contributed by atoms with Gasteiger partial charge in [-0.15, -0.1) is 0 Å². The Morgan fingerprint density at radius 2 is 1.63 bits per heavy atom. The molecule has 2 aliphatic heterocycles. The molecule has 2 rings (SSSR count). The van der Waals surface area contributed by atoms with Crippen LogP contribution in [0.15, 0.2) is 11.5 Å². The predicted molar refractivity (Wildman–Crippen MR) is 80.1 cm³/mol. The fraction of sp³-hybridized carbons (Fsp3) is 0.867. The van der Waals surface area contributed by atoms with Gasteiger partial charge < -0.3 is 14.2 Å². The second-order valence-electron chi connectivity index (χ2n) is 6.79. The normalized spacial score (nSPS) is 26.8. The first kappa shape index (κ1) is 15.1. The van der Waals surface area contributed by atoms with Crippen molar-refractivity contribution in [3.05, 3.63) is 11.5 Å². The zero-order chi connectivity index (χ0) is 14.1. The maximum atomic E-state index is 6.03. The maximum absolute atomic E-state index is 6.03. The van der Waals surface area contributed by atoms with Crippen molar-refractivity contribution in [1.82, 2.24) is 4.90 Å². The lowest BCUT2D eigenvalue weighted by Crippen LogP contribution is -2.41. The van der Waals surface area contributed by atoms with Crippen LogP contribution in [0, 0.1) is 0 Å². The number of hydrogen-bond acceptors (Lipinski definition) is 3. The van der Waals surface area contributed by atoms with Crippen LogP contribution in [-0.4, -0.2) is 42.9 Å². The van der Waals surface area contributed by atoms with E-state index < -0.39 is 0 Å². The molecule has 0 aromatic rings. The Morgan fingerprint density at radius 1 is 1.11 bits per heavy atom. The van der Waals surface area contributed by atoms with Gasteiger partial charge in [0.2, 0.25) is 0 Å². The molecule has 0 saturated carbocycles. The van der Waals surface area contributed by atoms with Gasteiger partial charge in [-0.25, -0.2) is 0 Å². The molecule has 0 spiro atoms. The highest BCUT2D eigenvalue weighted by molar-refractivity contribution is 6.51. The molecule has 0 aromatic carbocycles. The summed E-state index contributed by atoms with van der Waals surface area (Å²) < 4.78 is 12.1. The monoisotopic (exact) mass is 265 g/mol. The molecular formula is C15H28BNO2. The minimum absolute atomic E-state index is 0.169. The number of hydrogen-bond donors (Lipinski definition) is 0. The van der Waals surface area contributed by atoms with E-state index in [4.69, 9.17) is 9.31 Å². The number of nitrogens with zero attached hydrogens (tertiary/aromatic N) is 1. The summed E-state index contributed by atoms with van der Waals surface area (Å²) >= 11 is 0. The Hall–Kier alpha value is -0.315. The van der Waals surface area contributed by atoms with E-state index in [0.29, 0.717) is 0 Å². The summed E-state index contributed by atoms with van der Waals surface area (Å²) in [7, 11) is -0.169. The van der Waals surface area contributed by atoms with E-state index in [1.54, 1.807) is 0 Å². The van der Waals surface area contributed by atoms with E-state index in [1.807, 2.05) is 0 Å². The largest absolute Gasteiger partial charge is 0.487 e. The lowest BCUT2D eigenvalue weighted by atomic mass is 9.84. The van der Waals surface area contributed by atoms with Gasteiger partial charge in [0.15, 0.2) is 0 Å². The van der Waals surface area contributed by atoms with Crippen molar-refractivity contribution in [3.63, 3.8) is 0 Å². The van der Waals surface area contributed by atoms with Crippen LogP contribution in [0.3, 0.4) is 0 Å². The van der Waals surface area contributed by atoms with Gasteiger partial charge in [-0.05, 0) is 53.5 Å².